The van der Waals surface area contributed by atoms with Gasteiger partial charge < -0.3 is 19.2 Å². The van der Waals surface area contributed by atoms with Crippen molar-refractivity contribution in [3.63, 3.8) is 0 Å². The first-order valence-electron chi connectivity index (χ1n) is 10.2. The fourth-order valence-corrected chi connectivity index (χ4v) is 3.48. The van der Waals surface area contributed by atoms with Crippen molar-refractivity contribution in [1.82, 2.24) is 15.0 Å². The maximum atomic E-state index is 12.3. The van der Waals surface area contributed by atoms with Gasteiger partial charge in [-0.15, -0.1) is 0 Å². The standard InChI is InChI=1S/C22H32N4O2/c1-17(2)10-11-26(18(3)27)16-20-21(19-8-6-5-7-9-19)23-28-22(20)25-14-12-24(4)13-15-25/h5-9,17H,10-16H2,1-4H3. The molecule has 28 heavy (non-hydrogen) atoms. The first-order chi connectivity index (χ1) is 13.5. The van der Waals surface area contributed by atoms with Crippen molar-refractivity contribution in [2.24, 2.45) is 5.92 Å². The molecule has 1 aromatic carbocycles. The number of rotatable bonds is 7. The number of hydrogen-bond donors (Lipinski definition) is 0. The highest BCUT2D eigenvalue weighted by Gasteiger charge is 2.27. The Kier molecular flexibility index (Phi) is 6.73. The fourth-order valence-electron chi connectivity index (χ4n) is 3.48. The Morgan fingerprint density at radius 2 is 1.86 bits per heavy atom. The van der Waals surface area contributed by atoms with Crippen molar-refractivity contribution in [2.75, 3.05) is 44.7 Å². The summed E-state index contributed by atoms with van der Waals surface area (Å²) < 4.78 is 5.85. The minimum Gasteiger partial charge on any atom is -0.338 e. The first-order valence-corrected chi connectivity index (χ1v) is 10.2. The molecule has 0 radical (unpaired) electrons. The first kappa shape index (κ1) is 20.4. The Bertz CT molecular complexity index is 764. The van der Waals surface area contributed by atoms with E-state index in [2.05, 4.69) is 35.9 Å². The van der Waals surface area contributed by atoms with Crippen LogP contribution in [0, 0.1) is 5.92 Å². The molecule has 0 N–H and O–H groups in total. The Morgan fingerprint density at radius 3 is 2.46 bits per heavy atom. The summed E-state index contributed by atoms with van der Waals surface area (Å²) in [5.74, 6) is 1.45. The maximum absolute atomic E-state index is 12.3. The topological polar surface area (TPSA) is 52.8 Å². The third-order valence-electron chi connectivity index (χ3n) is 5.38. The van der Waals surface area contributed by atoms with E-state index < -0.39 is 0 Å². The molecule has 0 bridgehead atoms. The van der Waals surface area contributed by atoms with Gasteiger partial charge in [-0.3, -0.25) is 4.79 Å². The maximum Gasteiger partial charge on any atom is 0.232 e. The smallest absolute Gasteiger partial charge is 0.232 e. The van der Waals surface area contributed by atoms with Gasteiger partial charge in [-0.05, 0) is 19.4 Å². The number of hydrogen-bond acceptors (Lipinski definition) is 5. The highest BCUT2D eigenvalue weighted by Crippen LogP contribution is 2.33. The molecule has 6 nitrogen and oxygen atoms in total. The van der Waals surface area contributed by atoms with Gasteiger partial charge in [0.05, 0.1) is 12.1 Å². The van der Waals surface area contributed by atoms with Crippen LogP contribution < -0.4 is 4.90 Å². The summed E-state index contributed by atoms with van der Waals surface area (Å²) in [4.78, 5) is 18.8. The van der Waals surface area contributed by atoms with Crippen LogP contribution in [0.4, 0.5) is 5.88 Å². The number of likely N-dealkylation sites (N-methyl/N-ethyl adjacent to an activating group) is 1. The third-order valence-corrected chi connectivity index (χ3v) is 5.38. The van der Waals surface area contributed by atoms with Crippen molar-refractivity contribution >= 4 is 11.8 Å². The predicted octanol–water partition coefficient (Wildman–Crippen LogP) is 3.49. The van der Waals surface area contributed by atoms with E-state index in [1.807, 2.05) is 35.2 Å². The van der Waals surface area contributed by atoms with Crippen molar-refractivity contribution in [2.45, 2.75) is 33.7 Å². The molecule has 3 rings (SSSR count). The van der Waals surface area contributed by atoms with Crippen molar-refractivity contribution in [3.05, 3.63) is 35.9 Å². The largest absolute Gasteiger partial charge is 0.338 e. The number of anilines is 1. The highest BCUT2D eigenvalue weighted by atomic mass is 16.5. The van der Waals surface area contributed by atoms with E-state index in [1.54, 1.807) is 6.92 Å². The third kappa shape index (κ3) is 4.93. The highest BCUT2D eigenvalue weighted by molar-refractivity contribution is 5.75. The summed E-state index contributed by atoms with van der Waals surface area (Å²) in [5.41, 5.74) is 2.87. The lowest BCUT2D eigenvalue weighted by atomic mass is 10.1. The molecular formula is C22H32N4O2. The summed E-state index contributed by atoms with van der Waals surface area (Å²) in [5, 5.41) is 4.42. The predicted molar refractivity (Wildman–Crippen MR) is 112 cm³/mol. The van der Waals surface area contributed by atoms with Crippen LogP contribution in [0.2, 0.25) is 0 Å². The molecule has 2 aromatic rings. The molecule has 2 heterocycles. The van der Waals surface area contributed by atoms with Crippen LogP contribution in [-0.2, 0) is 11.3 Å². The number of amides is 1. The summed E-state index contributed by atoms with van der Waals surface area (Å²) in [7, 11) is 2.14. The van der Waals surface area contributed by atoms with Gasteiger partial charge in [-0.25, -0.2) is 0 Å². The van der Waals surface area contributed by atoms with Gasteiger partial charge in [0, 0.05) is 45.2 Å². The van der Waals surface area contributed by atoms with Gasteiger partial charge in [-0.2, -0.15) is 0 Å². The minimum absolute atomic E-state index is 0.0881. The number of carbonyl (C=O) groups is 1. The molecule has 0 aliphatic carbocycles. The Labute approximate surface area is 168 Å². The molecule has 1 aliphatic rings. The molecule has 0 atom stereocenters. The molecule has 1 aliphatic heterocycles. The molecule has 6 heteroatoms. The van der Waals surface area contributed by atoms with Crippen molar-refractivity contribution < 1.29 is 9.32 Å². The van der Waals surface area contributed by atoms with E-state index in [1.165, 1.54) is 0 Å². The van der Waals surface area contributed by atoms with E-state index in [9.17, 15) is 4.79 Å². The van der Waals surface area contributed by atoms with Crippen molar-refractivity contribution in [3.8, 4) is 11.3 Å². The molecule has 152 valence electrons. The molecule has 1 amide bonds. The van der Waals surface area contributed by atoms with E-state index in [0.717, 1.165) is 61.8 Å². The molecule has 0 saturated carbocycles. The van der Waals surface area contributed by atoms with E-state index in [4.69, 9.17) is 4.52 Å². The summed E-state index contributed by atoms with van der Waals surface area (Å²) in [6, 6.07) is 10.1. The van der Waals surface area contributed by atoms with Gasteiger partial charge in [0.1, 0.15) is 5.69 Å². The number of carbonyl (C=O) groups excluding carboxylic acids is 1. The van der Waals surface area contributed by atoms with Gasteiger partial charge in [0.25, 0.3) is 0 Å². The van der Waals surface area contributed by atoms with E-state index in [0.29, 0.717) is 12.5 Å². The second-order valence-electron chi connectivity index (χ2n) is 8.09. The number of nitrogens with zero attached hydrogens (tertiary/aromatic N) is 4. The second kappa shape index (κ2) is 9.24. The zero-order valence-corrected chi connectivity index (χ0v) is 17.5. The lowest BCUT2D eigenvalue weighted by molar-refractivity contribution is -0.129. The number of piperazine rings is 1. The monoisotopic (exact) mass is 384 g/mol. The lowest BCUT2D eigenvalue weighted by Crippen LogP contribution is -2.44. The average molecular weight is 385 g/mol. The molecule has 0 spiro atoms. The van der Waals surface area contributed by atoms with E-state index >= 15 is 0 Å². The molecule has 1 saturated heterocycles. The minimum atomic E-state index is 0.0881. The summed E-state index contributed by atoms with van der Waals surface area (Å²) in [6.07, 6.45) is 0.982. The van der Waals surface area contributed by atoms with Gasteiger partial charge in [-0.1, -0.05) is 49.3 Å². The zero-order valence-electron chi connectivity index (χ0n) is 17.5. The molecular weight excluding hydrogens is 352 g/mol. The summed E-state index contributed by atoms with van der Waals surface area (Å²) >= 11 is 0. The Balaban J connectivity index is 1.93. The Hall–Kier alpha value is -2.34. The SMILES string of the molecule is CC(=O)N(CCC(C)C)Cc1c(-c2ccccc2)noc1N1CCN(C)CC1. The van der Waals surface area contributed by atoms with Crippen LogP contribution in [0.5, 0.6) is 0 Å². The van der Waals surface area contributed by atoms with Crippen LogP contribution >= 0.6 is 0 Å². The average Bonchev–Trinajstić information content (AvgIpc) is 3.09. The normalized spacial score (nSPS) is 15.2. The fraction of sp³-hybridized carbons (Fsp3) is 0.545. The quantitative estimate of drug-likeness (QED) is 0.731. The second-order valence-corrected chi connectivity index (χ2v) is 8.09. The number of aromatic nitrogens is 1. The van der Waals surface area contributed by atoms with Crippen LogP contribution in [0.25, 0.3) is 11.3 Å². The Morgan fingerprint density at radius 1 is 1.18 bits per heavy atom. The zero-order chi connectivity index (χ0) is 20.1. The summed E-state index contributed by atoms with van der Waals surface area (Å²) in [6.45, 7) is 11.1. The van der Waals surface area contributed by atoms with Crippen LogP contribution in [0.15, 0.2) is 34.9 Å². The van der Waals surface area contributed by atoms with Crippen LogP contribution in [0.1, 0.15) is 32.8 Å². The molecule has 1 aromatic heterocycles. The van der Waals surface area contributed by atoms with Gasteiger partial charge in [0.2, 0.25) is 11.8 Å². The van der Waals surface area contributed by atoms with Gasteiger partial charge in [0.15, 0.2) is 0 Å². The lowest BCUT2D eigenvalue weighted by Gasteiger charge is -2.33. The molecule has 1 fully saturated rings. The van der Waals surface area contributed by atoms with Gasteiger partial charge >= 0.3 is 0 Å². The molecule has 0 unspecified atom stereocenters. The van der Waals surface area contributed by atoms with Crippen LogP contribution in [0.3, 0.4) is 0 Å². The van der Waals surface area contributed by atoms with Crippen molar-refractivity contribution in [1.29, 1.82) is 0 Å². The number of benzene rings is 1. The van der Waals surface area contributed by atoms with Crippen LogP contribution in [-0.4, -0.2) is 60.6 Å². The van der Waals surface area contributed by atoms with E-state index in [-0.39, 0.29) is 5.91 Å².